The number of anilines is 1. The molecule has 1 aromatic rings. The lowest BCUT2D eigenvalue weighted by atomic mass is 10.0. The molecule has 0 atom stereocenters. The van der Waals surface area contributed by atoms with Gasteiger partial charge in [-0.15, -0.1) is 0 Å². The van der Waals surface area contributed by atoms with Crippen molar-refractivity contribution in [1.82, 2.24) is 4.90 Å². The summed E-state index contributed by atoms with van der Waals surface area (Å²) in [5, 5.41) is 0. The number of hydrogen-bond acceptors (Lipinski definition) is 4. The van der Waals surface area contributed by atoms with Crippen LogP contribution < -0.4 is 4.90 Å². The van der Waals surface area contributed by atoms with E-state index in [2.05, 4.69) is 0 Å². The monoisotopic (exact) mass is 290 g/mol. The van der Waals surface area contributed by atoms with Crippen LogP contribution in [0.25, 0.3) is 0 Å². The Bertz CT molecular complexity index is 514. The van der Waals surface area contributed by atoms with Crippen LogP contribution in [-0.2, 0) is 9.47 Å². The predicted octanol–water partition coefficient (Wildman–Crippen LogP) is 1.73. The average molecular weight is 290 g/mol. The van der Waals surface area contributed by atoms with E-state index in [-0.39, 0.29) is 5.91 Å². The summed E-state index contributed by atoms with van der Waals surface area (Å²) >= 11 is 0. The first-order valence-corrected chi connectivity index (χ1v) is 7.44. The molecule has 3 rings (SSSR count). The second kappa shape index (κ2) is 5.66. The molecule has 0 N–H and O–H groups in total. The van der Waals surface area contributed by atoms with E-state index in [0.717, 1.165) is 24.1 Å². The minimum atomic E-state index is -0.428. The van der Waals surface area contributed by atoms with Crippen molar-refractivity contribution in [2.24, 2.45) is 0 Å². The number of carbonyl (C=O) groups excluding carboxylic acids is 1. The molecule has 2 fully saturated rings. The third-order valence-electron chi connectivity index (χ3n) is 4.24. The first-order valence-electron chi connectivity index (χ1n) is 7.44. The molecule has 2 saturated heterocycles. The zero-order chi connectivity index (χ0) is 14.9. The van der Waals surface area contributed by atoms with Crippen molar-refractivity contribution in [2.75, 3.05) is 45.3 Å². The molecule has 1 amide bonds. The Morgan fingerprint density at radius 3 is 2.48 bits per heavy atom. The van der Waals surface area contributed by atoms with E-state index in [4.69, 9.17) is 9.47 Å². The van der Waals surface area contributed by atoms with E-state index in [1.165, 1.54) is 0 Å². The molecule has 2 aliphatic rings. The molecule has 5 nitrogen and oxygen atoms in total. The van der Waals surface area contributed by atoms with Gasteiger partial charge in [0.1, 0.15) is 0 Å². The fraction of sp³-hybridized carbons (Fsp3) is 0.562. The number of piperidine rings is 1. The minimum Gasteiger partial charge on any atom is -0.378 e. The fourth-order valence-electron chi connectivity index (χ4n) is 2.94. The van der Waals surface area contributed by atoms with Crippen LogP contribution in [-0.4, -0.2) is 57.0 Å². The van der Waals surface area contributed by atoms with E-state index < -0.39 is 5.79 Å². The Hall–Kier alpha value is -1.59. The smallest absolute Gasteiger partial charge is 0.253 e. The van der Waals surface area contributed by atoms with Crippen LogP contribution in [0.15, 0.2) is 24.3 Å². The first-order chi connectivity index (χ1) is 10.1. The summed E-state index contributed by atoms with van der Waals surface area (Å²) in [6.45, 7) is 2.70. The minimum absolute atomic E-state index is 0.0894. The van der Waals surface area contributed by atoms with Crippen molar-refractivity contribution < 1.29 is 14.3 Å². The second-order valence-corrected chi connectivity index (χ2v) is 5.84. The molecule has 2 aliphatic heterocycles. The van der Waals surface area contributed by atoms with Crippen molar-refractivity contribution in [1.29, 1.82) is 0 Å². The highest BCUT2D eigenvalue weighted by Crippen LogP contribution is 2.31. The third-order valence-corrected chi connectivity index (χ3v) is 4.24. The molecular weight excluding hydrogens is 268 g/mol. The van der Waals surface area contributed by atoms with E-state index in [0.29, 0.717) is 26.3 Å². The van der Waals surface area contributed by atoms with Gasteiger partial charge in [0.15, 0.2) is 5.79 Å². The molecule has 0 aromatic heterocycles. The van der Waals surface area contributed by atoms with Crippen LogP contribution in [0.4, 0.5) is 5.69 Å². The van der Waals surface area contributed by atoms with Crippen LogP contribution in [0.1, 0.15) is 23.2 Å². The van der Waals surface area contributed by atoms with Gasteiger partial charge in [-0.2, -0.15) is 0 Å². The molecular formula is C16H22N2O3. The summed E-state index contributed by atoms with van der Waals surface area (Å²) in [4.78, 5) is 16.5. The molecule has 0 radical (unpaired) electrons. The predicted molar refractivity (Wildman–Crippen MR) is 80.5 cm³/mol. The van der Waals surface area contributed by atoms with Gasteiger partial charge in [-0.05, 0) is 18.2 Å². The lowest BCUT2D eigenvalue weighted by Crippen LogP contribution is -2.47. The summed E-state index contributed by atoms with van der Waals surface area (Å²) in [6, 6.07) is 7.75. The van der Waals surface area contributed by atoms with Gasteiger partial charge in [0.05, 0.1) is 13.2 Å². The first kappa shape index (κ1) is 14.4. The van der Waals surface area contributed by atoms with Crippen molar-refractivity contribution in [3.8, 4) is 0 Å². The Balaban J connectivity index is 1.67. The molecule has 0 saturated carbocycles. The molecule has 0 unspecified atom stereocenters. The van der Waals surface area contributed by atoms with Gasteiger partial charge in [-0.3, -0.25) is 4.79 Å². The van der Waals surface area contributed by atoms with Crippen LogP contribution in [0, 0.1) is 0 Å². The number of carbonyl (C=O) groups is 1. The third kappa shape index (κ3) is 2.89. The van der Waals surface area contributed by atoms with Gasteiger partial charge in [-0.1, -0.05) is 6.07 Å². The maximum Gasteiger partial charge on any atom is 0.253 e. The zero-order valence-corrected chi connectivity index (χ0v) is 12.7. The molecule has 114 valence electrons. The molecule has 5 heteroatoms. The normalized spacial score (nSPS) is 20.8. The van der Waals surface area contributed by atoms with Crippen molar-refractivity contribution in [2.45, 2.75) is 18.6 Å². The van der Waals surface area contributed by atoms with Crippen LogP contribution in [0.2, 0.25) is 0 Å². The lowest BCUT2D eigenvalue weighted by Gasteiger charge is -2.37. The molecule has 0 bridgehead atoms. The summed E-state index contributed by atoms with van der Waals surface area (Å²) in [5.41, 5.74) is 1.78. The molecule has 1 aromatic carbocycles. The van der Waals surface area contributed by atoms with Crippen LogP contribution in [0.3, 0.4) is 0 Å². The van der Waals surface area contributed by atoms with Crippen molar-refractivity contribution >= 4 is 11.6 Å². The van der Waals surface area contributed by atoms with Gasteiger partial charge in [0.25, 0.3) is 5.91 Å². The maximum atomic E-state index is 12.6. The van der Waals surface area contributed by atoms with E-state index in [1.54, 1.807) is 0 Å². The van der Waals surface area contributed by atoms with Gasteiger partial charge in [0.2, 0.25) is 0 Å². The summed E-state index contributed by atoms with van der Waals surface area (Å²) in [5.74, 6) is -0.339. The van der Waals surface area contributed by atoms with E-state index in [1.807, 2.05) is 48.2 Å². The SMILES string of the molecule is CN(C)c1cccc(C(=O)N2CCC3(CC2)OCCO3)c1. The second-order valence-electron chi connectivity index (χ2n) is 5.84. The number of amides is 1. The number of rotatable bonds is 2. The molecule has 1 spiro atoms. The van der Waals surface area contributed by atoms with E-state index >= 15 is 0 Å². The van der Waals surface area contributed by atoms with Gasteiger partial charge < -0.3 is 19.3 Å². The average Bonchev–Trinajstić information content (AvgIpc) is 2.96. The maximum absolute atomic E-state index is 12.6. The number of nitrogens with zero attached hydrogens (tertiary/aromatic N) is 2. The summed E-state index contributed by atoms with van der Waals surface area (Å²) in [6.07, 6.45) is 1.51. The Morgan fingerprint density at radius 2 is 1.86 bits per heavy atom. The van der Waals surface area contributed by atoms with Crippen LogP contribution >= 0.6 is 0 Å². The van der Waals surface area contributed by atoms with Crippen LogP contribution in [0.5, 0.6) is 0 Å². The number of likely N-dealkylation sites (tertiary alicyclic amines) is 1. The molecule has 2 heterocycles. The lowest BCUT2D eigenvalue weighted by molar-refractivity contribution is -0.181. The molecule has 21 heavy (non-hydrogen) atoms. The standard InChI is InChI=1S/C16H22N2O3/c1-17(2)14-5-3-4-13(12-14)15(19)18-8-6-16(7-9-18)20-10-11-21-16/h3-5,12H,6-11H2,1-2H3. The quantitative estimate of drug-likeness (QED) is 0.832. The van der Waals surface area contributed by atoms with Gasteiger partial charge in [-0.25, -0.2) is 0 Å². The van der Waals surface area contributed by atoms with Gasteiger partial charge in [0, 0.05) is 51.3 Å². The highest BCUT2D eigenvalue weighted by Gasteiger charge is 2.40. The van der Waals surface area contributed by atoms with Gasteiger partial charge >= 0.3 is 0 Å². The fourth-order valence-corrected chi connectivity index (χ4v) is 2.94. The summed E-state index contributed by atoms with van der Waals surface area (Å²) in [7, 11) is 3.95. The zero-order valence-electron chi connectivity index (χ0n) is 12.7. The Labute approximate surface area is 125 Å². The number of hydrogen-bond donors (Lipinski definition) is 0. The van der Waals surface area contributed by atoms with Crippen molar-refractivity contribution in [3.05, 3.63) is 29.8 Å². The molecule has 0 aliphatic carbocycles. The van der Waals surface area contributed by atoms with E-state index in [9.17, 15) is 4.79 Å². The Morgan fingerprint density at radius 1 is 1.19 bits per heavy atom. The largest absolute Gasteiger partial charge is 0.378 e. The Kier molecular flexibility index (Phi) is 3.87. The number of benzene rings is 1. The number of ether oxygens (including phenoxy) is 2. The summed E-state index contributed by atoms with van der Waals surface area (Å²) < 4.78 is 11.4. The highest BCUT2D eigenvalue weighted by molar-refractivity contribution is 5.95. The topological polar surface area (TPSA) is 42.0 Å². The highest BCUT2D eigenvalue weighted by atomic mass is 16.7. The van der Waals surface area contributed by atoms with Crippen molar-refractivity contribution in [3.63, 3.8) is 0 Å².